The number of benzene rings is 4. The molecular formula is C24H22N4O. The van der Waals surface area contributed by atoms with Crippen LogP contribution in [0.3, 0.4) is 0 Å². The van der Waals surface area contributed by atoms with Crippen LogP contribution in [0.5, 0.6) is 11.5 Å². The zero-order chi connectivity index (χ0) is 20.4. The highest BCUT2D eigenvalue weighted by Gasteiger charge is 2.16. The van der Waals surface area contributed by atoms with Crippen LogP contribution in [0.1, 0.15) is 0 Å². The molecule has 0 aliphatic carbocycles. The van der Waals surface area contributed by atoms with Gasteiger partial charge < -0.3 is 27.7 Å². The molecule has 0 atom stereocenters. The predicted octanol–water partition coefficient (Wildman–Crippen LogP) is 5.14. The smallest absolute Gasteiger partial charge is 0.158 e. The Morgan fingerprint density at radius 2 is 0.828 bits per heavy atom. The summed E-state index contributed by atoms with van der Waals surface area (Å²) in [6.45, 7) is 0. The quantitative estimate of drug-likeness (QED) is 0.365. The van der Waals surface area contributed by atoms with Crippen LogP contribution < -0.4 is 27.7 Å². The van der Waals surface area contributed by atoms with Crippen molar-refractivity contribution in [2.45, 2.75) is 0 Å². The molecule has 4 aromatic rings. The number of ether oxygens (including phenoxy) is 1. The van der Waals surface area contributed by atoms with Crippen molar-refractivity contribution < 1.29 is 4.74 Å². The molecule has 0 amide bonds. The molecule has 0 aliphatic rings. The van der Waals surface area contributed by atoms with E-state index in [1.165, 1.54) is 0 Å². The maximum absolute atomic E-state index is 6.36. The number of nitrogens with two attached hydrogens (primary N) is 4. The lowest BCUT2D eigenvalue weighted by molar-refractivity contribution is 0.491. The van der Waals surface area contributed by atoms with Gasteiger partial charge in [-0.25, -0.2) is 0 Å². The molecule has 0 aliphatic heterocycles. The van der Waals surface area contributed by atoms with Crippen LogP contribution in [-0.2, 0) is 0 Å². The summed E-state index contributed by atoms with van der Waals surface area (Å²) in [7, 11) is 0. The van der Waals surface area contributed by atoms with E-state index in [1.54, 1.807) is 12.1 Å². The van der Waals surface area contributed by atoms with E-state index in [2.05, 4.69) is 0 Å². The van der Waals surface area contributed by atoms with Gasteiger partial charge in [0.1, 0.15) is 0 Å². The highest BCUT2D eigenvalue weighted by Crippen LogP contribution is 2.43. The number of para-hydroxylation sites is 2. The summed E-state index contributed by atoms with van der Waals surface area (Å²) in [5.41, 5.74) is 30.3. The average molecular weight is 382 g/mol. The van der Waals surface area contributed by atoms with Gasteiger partial charge in [0.2, 0.25) is 0 Å². The van der Waals surface area contributed by atoms with Crippen LogP contribution in [0, 0.1) is 0 Å². The minimum Gasteiger partial charge on any atom is -0.452 e. The monoisotopic (exact) mass is 382 g/mol. The van der Waals surface area contributed by atoms with Gasteiger partial charge in [-0.2, -0.15) is 0 Å². The van der Waals surface area contributed by atoms with Gasteiger partial charge in [-0.15, -0.1) is 0 Å². The summed E-state index contributed by atoms with van der Waals surface area (Å²) in [6, 6.07) is 26.4. The minimum atomic E-state index is 0.519. The maximum atomic E-state index is 6.36. The first-order chi connectivity index (χ1) is 14.0. The van der Waals surface area contributed by atoms with Crippen LogP contribution in [0.2, 0.25) is 0 Å². The molecule has 4 aromatic carbocycles. The summed E-state index contributed by atoms with van der Waals surface area (Å²) >= 11 is 0. The lowest BCUT2D eigenvalue weighted by atomic mass is 10.0. The Kier molecular flexibility index (Phi) is 4.71. The largest absolute Gasteiger partial charge is 0.452 e. The van der Waals surface area contributed by atoms with E-state index in [9.17, 15) is 0 Å². The summed E-state index contributed by atoms with van der Waals surface area (Å²) in [5.74, 6) is 1.10. The van der Waals surface area contributed by atoms with E-state index < -0.39 is 0 Å². The molecule has 0 unspecified atom stereocenters. The fourth-order valence-corrected chi connectivity index (χ4v) is 3.22. The topological polar surface area (TPSA) is 113 Å². The standard InChI is InChI=1S/C24H22N4O/c25-17-11-7-15(8-12-17)19-3-1-5-21(27)23(19)29-24-20(4-2-6-22(24)28)16-9-13-18(26)14-10-16/h1-14H,25-28H2. The summed E-state index contributed by atoms with van der Waals surface area (Å²) in [4.78, 5) is 0. The number of anilines is 4. The normalized spacial score (nSPS) is 10.6. The lowest BCUT2D eigenvalue weighted by Gasteiger charge is -2.18. The van der Waals surface area contributed by atoms with E-state index in [4.69, 9.17) is 27.7 Å². The zero-order valence-corrected chi connectivity index (χ0v) is 15.8. The number of rotatable bonds is 4. The Balaban J connectivity index is 1.83. The molecule has 5 nitrogen and oxygen atoms in total. The molecule has 29 heavy (non-hydrogen) atoms. The predicted molar refractivity (Wildman–Crippen MR) is 121 cm³/mol. The Bertz CT molecular complexity index is 1060. The van der Waals surface area contributed by atoms with Gasteiger partial charge >= 0.3 is 0 Å². The second kappa shape index (κ2) is 7.48. The second-order valence-corrected chi connectivity index (χ2v) is 6.79. The van der Waals surface area contributed by atoms with Gasteiger partial charge in [0.05, 0.1) is 11.4 Å². The van der Waals surface area contributed by atoms with Crippen molar-refractivity contribution in [3.63, 3.8) is 0 Å². The number of nitrogen functional groups attached to an aromatic ring is 4. The molecule has 0 heterocycles. The maximum Gasteiger partial charge on any atom is 0.158 e. The van der Waals surface area contributed by atoms with Crippen LogP contribution in [0.4, 0.5) is 22.7 Å². The van der Waals surface area contributed by atoms with E-state index in [0.717, 1.165) is 22.3 Å². The van der Waals surface area contributed by atoms with Crippen molar-refractivity contribution in [3.05, 3.63) is 84.9 Å². The van der Waals surface area contributed by atoms with Gasteiger partial charge in [0, 0.05) is 22.5 Å². The fourth-order valence-electron chi connectivity index (χ4n) is 3.22. The van der Waals surface area contributed by atoms with E-state index in [0.29, 0.717) is 34.2 Å². The molecule has 0 fully saturated rings. The molecule has 0 saturated heterocycles. The van der Waals surface area contributed by atoms with Gasteiger partial charge in [-0.1, -0.05) is 48.5 Å². The summed E-state index contributed by atoms with van der Waals surface area (Å²) in [5, 5.41) is 0. The van der Waals surface area contributed by atoms with E-state index in [-0.39, 0.29) is 0 Å². The highest BCUT2D eigenvalue weighted by atomic mass is 16.5. The third-order valence-corrected chi connectivity index (χ3v) is 4.74. The number of hydrogen-bond donors (Lipinski definition) is 4. The molecule has 0 spiro atoms. The first kappa shape index (κ1) is 18.3. The molecule has 144 valence electrons. The van der Waals surface area contributed by atoms with Crippen molar-refractivity contribution in [3.8, 4) is 33.8 Å². The second-order valence-electron chi connectivity index (χ2n) is 6.79. The molecule has 0 radical (unpaired) electrons. The molecule has 5 heteroatoms. The molecular weight excluding hydrogens is 360 g/mol. The van der Waals surface area contributed by atoms with E-state index in [1.807, 2.05) is 72.8 Å². The van der Waals surface area contributed by atoms with E-state index >= 15 is 0 Å². The van der Waals surface area contributed by atoms with Crippen LogP contribution in [-0.4, -0.2) is 0 Å². The minimum absolute atomic E-state index is 0.519. The van der Waals surface area contributed by atoms with Crippen molar-refractivity contribution in [2.75, 3.05) is 22.9 Å². The molecule has 0 aromatic heterocycles. The van der Waals surface area contributed by atoms with Crippen LogP contribution in [0.25, 0.3) is 22.3 Å². The summed E-state index contributed by atoms with van der Waals surface area (Å²) in [6.07, 6.45) is 0. The zero-order valence-electron chi connectivity index (χ0n) is 15.8. The van der Waals surface area contributed by atoms with Crippen LogP contribution in [0.15, 0.2) is 84.9 Å². The van der Waals surface area contributed by atoms with Crippen molar-refractivity contribution in [1.82, 2.24) is 0 Å². The Morgan fingerprint density at radius 1 is 0.448 bits per heavy atom. The molecule has 8 N–H and O–H groups in total. The Labute approximate surface area is 169 Å². The SMILES string of the molecule is Nc1ccc(-c2cccc(N)c2Oc2c(N)cccc2-c2ccc(N)cc2)cc1. The first-order valence-corrected chi connectivity index (χ1v) is 9.19. The molecule has 0 saturated carbocycles. The van der Waals surface area contributed by atoms with Crippen molar-refractivity contribution in [2.24, 2.45) is 0 Å². The van der Waals surface area contributed by atoms with Gasteiger partial charge in [-0.05, 0) is 47.5 Å². The third-order valence-electron chi connectivity index (χ3n) is 4.74. The highest BCUT2D eigenvalue weighted by molar-refractivity contribution is 5.82. The van der Waals surface area contributed by atoms with Crippen molar-refractivity contribution >= 4 is 22.7 Å². The Morgan fingerprint density at radius 3 is 1.21 bits per heavy atom. The van der Waals surface area contributed by atoms with Gasteiger partial charge in [-0.3, -0.25) is 0 Å². The van der Waals surface area contributed by atoms with Crippen molar-refractivity contribution in [1.29, 1.82) is 0 Å². The first-order valence-electron chi connectivity index (χ1n) is 9.19. The molecule has 0 bridgehead atoms. The lowest BCUT2D eigenvalue weighted by Crippen LogP contribution is -1.99. The van der Waals surface area contributed by atoms with Gasteiger partial charge in [0.15, 0.2) is 11.5 Å². The van der Waals surface area contributed by atoms with Crippen LogP contribution >= 0.6 is 0 Å². The average Bonchev–Trinajstić information content (AvgIpc) is 2.72. The van der Waals surface area contributed by atoms with Gasteiger partial charge in [0.25, 0.3) is 0 Å². The number of hydrogen-bond acceptors (Lipinski definition) is 5. The third kappa shape index (κ3) is 3.66. The Hall–Kier alpha value is -4.12. The molecule has 4 rings (SSSR count). The fraction of sp³-hybridized carbons (Fsp3) is 0. The summed E-state index contributed by atoms with van der Waals surface area (Å²) < 4.78 is 6.36.